The second-order valence-electron chi connectivity index (χ2n) is 6.80. The average molecular weight is 252 g/mol. The van der Waals surface area contributed by atoms with Crippen LogP contribution < -0.4 is 5.32 Å². The van der Waals surface area contributed by atoms with Gasteiger partial charge in [0.05, 0.1) is 0 Å². The number of hydrogen-bond donors (Lipinski definition) is 1. The van der Waals surface area contributed by atoms with E-state index in [0.29, 0.717) is 6.04 Å². The second-order valence-corrected chi connectivity index (χ2v) is 6.80. The van der Waals surface area contributed by atoms with Crippen molar-refractivity contribution in [3.63, 3.8) is 0 Å². The quantitative estimate of drug-likeness (QED) is 0.714. The van der Waals surface area contributed by atoms with Crippen LogP contribution in [0.4, 0.5) is 0 Å². The first kappa shape index (κ1) is 14.3. The van der Waals surface area contributed by atoms with E-state index in [0.717, 1.165) is 24.3 Å². The van der Waals surface area contributed by atoms with E-state index < -0.39 is 0 Å². The highest BCUT2D eigenvalue weighted by molar-refractivity contribution is 4.90. The van der Waals surface area contributed by atoms with Crippen molar-refractivity contribution in [3.8, 4) is 0 Å². The number of rotatable bonds is 8. The molecule has 0 aromatic carbocycles. The van der Waals surface area contributed by atoms with E-state index in [1.54, 1.807) is 6.42 Å². The maximum atomic E-state index is 3.50. The minimum atomic E-state index is 0.686. The Morgan fingerprint density at radius 3 is 2.72 bits per heavy atom. The van der Waals surface area contributed by atoms with Crippen molar-refractivity contribution >= 4 is 0 Å². The van der Waals surface area contributed by atoms with Gasteiger partial charge in [0.2, 0.25) is 0 Å². The van der Waals surface area contributed by atoms with E-state index in [9.17, 15) is 0 Å². The summed E-state index contributed by atoms with van der Waals surface area (Å²) >= 11 is 0. The minimum Gasteiger partial charge on any atom is -0.315 e. The number of nitrogens with one attached hydrogen (secondary N) is 1. The van der Waals surface area contributed by atoms with Gasteiger partial charge in [-0.3, -0.25) is 0 Å². The predicted octanol–water partition coefficient (Wildman–Crippen LogP) is 3.13. The van der Waals surface area contributed by atoms with Crippen LogP contribution in [0.15, 0.2) is 0 Å². The highest BCUT2D eigenvalue weighted by atomic mass is 15.1. The summed E-state index contributed by atoms with van der Waals surface area (Å²) in [6, 6.07) is 0.686. The molecule has 0 radical (unpaired) electrons. The molecule has 2 nitrogen and oxygen atoms in total. The van der Waals surface area contributed by atoms with Crippen molar-refractivity contribution in [1.29, 1.82) is 0 Å². The van der Waals surface area contributed by atoms with Crippen LogP contribution in [0.3, 0.4) is 0 Å². The van der Waals surface area contributed by atoms with Gasteiger partial charge in [-0.2, -0.15) is 0 Å². The summed E-state index contributed by atoms with van der Waals surface area (Å²) in [7, 11) is 2.32. The van der Waals surface area contributed by atoms with Gasteiger partial charge in [-0.1, -0.05) is 13.3 Å². The Morgan fingerprint density at radius 2 is 2.11 bits per heavy atom. The summed E-state index contributed by atoms with van der Waals surface area (Å²) in [5, 5.41) is 3.50. The Morgan fingerprint density at radius 1 is 1.28 bits per heavy atom. The lowest BCUT2D eigenvalue weighted by Crippen LogP contribution is -2.31. The molecule has 0 spiro atoms. The van der Waals surface area contributed by atoms with Crippen LogP contribution in [0, 0.1) is 17.8 Å². The lowest BCUT2D eigenvalue weighted by molar-refractivity contribution is 0.215. The van der Waals surface area contributed by atoms with Crippen LogP contribution >= 0.6 is 0 Å². The minimum absolute atomic E-state index is 0.686. The molecule has 0 aromatic rings. The third-order valence-electron chi connectivity index (χ3n) is 5.16. The lowest BCUT2D eigenvalue weighted by Gasteiger charge is -2.27. The van der Waals surface area contributed by atoms with Crippen molar-refractivity contribution in [2.45, 2.75) is 58.4 Å². The Bertz CT molecular complexity index is 241. The molecule has 2 aliphatic rings. The van der Waals surface area contributed by atoms with Gasteiger partial charge in [-0.05, 0) is 76.9 Å². The molecule has 2 bridgehead atoms. The van der Waals surface area contributed by atoms with Gasteiger partial charge in [0, 0.05) is 12.6 Å². The Balaban J connectivity index is 1.56. The SMILES string of the molecule is CCNC(C)CCCN(C)CC1CC2CCC1C2. The van der Waals surface area contributed by atoms with Crippen LogP contribution in [0.25, 0.3) is 0 Å². The Labute approximate surface area is 114 Å². The second kappa shape index (κ2) is 6.91. The molecule has 2 fully saturated rings. The van der Waals surface area contributed by atoms with Crippen molar-refractivity contribution in [3.05, 3.63) is 0 Å². The van der Waals surface area contributed by atoms with Crippen molar-refractivity contribution in [2.24, 2.45) is 17.8 Å². The van der Waals surface area contributed by atoms with E-state index in [2.05, 4.69) is 31.1 Å². The maximum Gasteiger partial charge on any atom is 0.00390 e. The topological polar surface area (TPSA) is 15.3 Å². The third-order valence-corrected chi connectivity index (χ3v) is 5.16. The summed E-state index contributed by atoms with van der Waals surface area (Å²) in [6.07, 6.45) is 8.80. The zero-order valence-electron chi connectivity index (χ0n) is 12.6. The predicted molar refractivity (Wildman–Crippen MR) is 78.8 cm³/mol. The average Bonchev–Trinajstić information content (AvgIpc) is 2.91. The monoisotopic (exact) mass is 252 g/mol. The first-order chi connectivity index (χ1) is 8.69. The van der Waals surface area contributed by atoms with Gasteiger partial charge in [0.25, 0.3) is 0 Å². The van der Waals surface area contributed by atoms with Crippen LogP contribution in [0.2, 0.25) is 0 Å². The molecular weight excluding hydrogens is 220 g/mol. The van der Waals surface area contributed by atoms with Crippen LogP contribution in [0.1, 0.15) is 52.4 Å². The maximum absolute atomic E-state index is 3.50. The smallest absolute Gasteiger partial charge is 0.00390 e. The summed E-state index contributed by atoms with van der Waals surface area (Å²) in [5.41, 5.74) is 0. The van der Waals surface area contributed by atoms with Crippen molar-refractivity contribution in [1.82, 2.24) is 10.2 Å². The molecule has 2 heteroatoms. The number of fused-ring (bicyclic) bond motifs is 2. The molecule has 4 atom stereocenters. The first-order valence-corrected chi connectivity index (χ1v) is 8.11. The Hall–Kier alpha value is -0.0800. The molecule has 2 rings (SSSR count). The lowest BCUT2D eigenvalue weighted by atomic mass is 9.88. The Kier molecular flexibility index (Phi) is 5.50. The molecule has 2 aliphatic carbocycles. The number of hydrogen-bond acceptors (Lipinski definition) is 2. The van der Waals surface area contributed by atoms with E-state index in [-0.39, 0.29) is 0 Å². The summed E-state index contributed by atoms with van der Waals surface area (Å²) in [6.45, 7) is 8.24. The molecule has 18 heavy (non-hydrogen) atoms. The van der Waals surface area contributed by atoms with Gasteiger partial charge < -0.3 is 10.2 Å². The van der Waals surface area contributed by atoms with Crippen molar-refractivity contribution in [2.75, 3.05) is 26.7 Å². The molecule has 0 amide bonds. The van der Waals surface area contributed by atoms with Crippen molar-refractivity contribution < 1.29 is 0 Å². The van der Waals surface area contributed by atoms with E-state index in [1.807, 2.05) is 0 Å². The third kappa shape index (κ3) is 3.96. The zero-order valence-corrected chi connectivity index (χ0v) is 12.6. The molecule has 0 aliphatic heterocycles. The first-order valence-electron chi connectivity index (χ1n) is 8.11. The fraction of sp³-hybridized carbons (Fsp3) is 1.00. The molecule has 2 saturated carbocycles. The standard InChI is InChI=1S/C16H32N2/c1-4-17-13(2)6-5-9-18(3)12-16-11-14-7-8-15(16)10-14/h13-17H,4-12H2,1-3H3. The highest BCUT2D eigenvalue weighted by Crippen LogP contribution is 2.48. The highest BCUT2D eigenvalue weighted by Gasteiger charge is 2.39. The van der Waals surface area contributed by atoms with E-state index >= 15 is 0 Å². The summed E-state index contributed by atoms with van der Waals surface area (Å²) in [4.78, 5) is 2.59. The summed E-state index contributed by atoms with van der Waals surface area (Å²) in [5.74, 6) is 3.21. The molecule has 0 saturated heterocycles. The largest absolute Gasteiger partial charge is 0.315 e. The van der Waals surface area contributed by atoms with Gasteiger partial charge in [0.15, 0.2) is 0 Å². The summed E-state index contributed by atoms with van der Waals surface area (Å²) < 4.78 is 0. The van der Waals surface area contributed by atoms with Crippen LogP contribution in [0.5, 0.6) is 0 Å². The van der Waals surface area contributed by atoms with Gasteiger partial charge in [-0.25, -0.2) is 0 Å². The van der Waals surface area contributed by atoms with Gasteiger partial charge >= 0.3 is 0 Å². The molecule has 1 N–H and O–H groups in total. The zero-order chi connectivity index (χ0) is 13.0. The number of nitrogens with zero attached hydrogens (tertiary/aromatic N) is 1. The molecular formula is C16H32N2. The molecule has 4 unspecified atom stereocenters. The normalized spacial score (nSPS) is 32.3. The van der Waals surface area contributed by atoms with E-state index in [4.69, 9.17) is 0 Å². The van der Waals surface area contributed by atoms with Gasteiger partial charge in [0.1, 0.15) is 0 Å². The van der Waals surface area contributed by atoms with Crippen LogP contribution in [-0.2, 0) is 0 Å². The van der Waals surface area contributed by atoms with E-state index in [1.165, 1.54) is 45.2 Å². The fourth-order valence-corrected chi connectivity index (χ4v) is 4.21. The molecule has 0 aromatic heterocycles. The molecule has 0 heterocycles. The fourth-order valence-electron chi connectivity index (χ4n) is 4.21. The van der Waals surface area contributed by atoms with Gasteiger partial charge in [-0.15, -0.1) is 0 Å². The molecule has 106 valence electrons. The van der Waals surface area contributed by atoms with Crippen LogP contribution in [-0.4, -0.2) is 37.6 Å².